The quantitative estimate of drug-likeness (QED) is 0.418. The second-order valence-corrected chi connectivity index (χ2v) is 8.37. The van der Waals surface area contributed by atoms with E-state index in [9.17, 15) is 0 Å². The summed E-state index contributed by atoms with van der Waals surface area (Å²) in [4.78, 5) is 4.40. The molecule has 0 amide bonds. The first-order chi connectivity index (χ1) is 13.3. The third-order valence-electron chi connectivity index (χ3n) is 3.58. The van der Waals surface area contributed by atoms with Crippen molar-refractivity contribution in [2.45, 2.75) is 16.6 Å². The van der Waals surface area contributed by atoms with Gasteiger partial charge in [0.15, 0.2) is 4.34 Å². The Morgan fingerprint density at radius 1 is 1.19 bits per heavy atom. The van der Waals surface area contributed by atoms with Gasteiger partial charge >= 0.3 is 0 Å². The predicted molar refractivity (Wildman–Crippen MR) is 107 cm³/mol. The van der Waals surface area contributed by atoms with Crippen LogP contribution in [0.15, 0.2) is 50.0 Å². The SMILES string of the molecule is COc1ccc(CNc2nnc(SCc3nc(-c4ccsc4)no3)s2)cc1. The van der Waals surface area contributed by atoms with Crippen LogP contribution in [0.25, 0.3) is 11.4 Å². The van der Waals surface area contributed by atoms with Gasteiger partial charge in [0.2, 0.25) is 16.8 Å². The molecule has 0 saturated heterocycles. The van der Waals surface area contributed by atoms with Crippen LogP contribution in [-0.2, 0) is 12.3 Å². The number of hydrogen-bond donors (Lipinski definition) is 1. The van der Waals surface area contributed by atoms with Crippen LogP contribution in [0.1, 0.15) is 11.5 Å². The molecule has 4 aromatic rings. The molecule has 0 aliphatic heterocycles. The Labute approximate surface area is 167 Å². The van der Waals surface area contributed by atoms with Gasteiger partial charge in [0, 0.05) is 17.5 Å². The molecule has 0 spiro atoms. The fraction of sp³-hybridized carbons (Fsp3) is 0.176. The van der Waals surface area contributed by atoms with Gasteiger partial charge in [-0.2, -0.15) is 16.3 Å². The van der Waals surface area contributed by atoms with Crippen molar-refractivity contribution in [1.82, 2.24) is 20.3 Å². The van der Waals surface area contributed by atoms with E-state index in [1.54, 1.807) is 18.4 Å². The molecule has 0 bridgehead atoms. The molecule has 1 aromatic carbocycles. The van der Waals surface area contributed by atoms with Crippen molar-refractivity contribution in [2.24, 2.45) is 0 Å². The number of thiophene rings is 1. The van der Waals surface area contributed by atoms with Crippen molar-refractivity contribution >= 4 is 39.6 Å². The zero-order chi connectivity index (χ0) is 18.5. The summed E-state index contributed by atoms with van der Waals surface area (Å²) in [5.41, 5.74) is 2.12. The number of nitrogens with zero attached hydrogens (tertiary/aromatic N) is 4. The molecule has 0 aliphatic carbocycles. The normalized spacial score (nSPS) is 10.9. The Kier molecular flexibility index (Phi) is 5.66. The maximum Gasteiger partial charge on any atom is 0.237 e. The van der Waals surface area contributed by atoms with E-state index in [0.29, 0.717) is 24.0 Å². The van der Waals surface area contributed by atoms with E-state index >= 15 is 0 Å². The maximum absolute atomic E-state index is 5.29. The number of anilines is 1. The third kappa shape index (κ3) is 4.65. The van der Waals surface area contributed by atoms with Crippen molar-refractivity contribution in [1.29, 1.82) is 0 Å². The highest BCUT2D eigenvalue weighted by Crippen LogP contribution is 2.29. The van der Waals surface area contributed by atoms with Crippen LogP contribution in [-0.4, -0.2) is 27.4 Å². The fourth-order valence-corrected chi connectivity index (χ4v) is 4.43. The van der Waals surface area contributed by atoms with Crippen molar-refractivity contribution in [3.8, 4) is 17.1 Å². The predicted octanol–water partition coefficient (Wildman–Crippen LogP) is 4.56. The van der Waals surface area contributed by atoms with Crippen LogP contribution in [0, 0.1) is 0 Å². The number of aromatic nitrogens is 4. The molecule has 0 atom stereocenters. The van der Waals surface area contributed by atoms with E-state index in [0.717, 1.165) is 26.3 Å². The van der Waals surface area contributed by atoms with Gasteiger partial charge in [-0.3, -0.25) is 0 Å². The lowest BCUT2D eigenvalue weighted by atomic mass is 10.2. The second kappa shape index (κ2) is 8.51. The zero-order valence-corrected chi connectivity index (χ0v) is 16.7. The van der Waals surface area contributed by atoms with Crippen LogP contribution in [0.3, 0.4) is 0 Å². The Hall–Kier alpha value is -2.43. The van der Waals surface area contributed by atoms with E-state index in [1.807, 2.05) is 41.1 Å². The van der Waals surface area contributed by atoms with E-state index < -0.39 is 0 Å². The minimum absolute atomic E-state index is 0.560. The summed E-state index contributed by atoms with van der Waals surface area (Å²) in [5, 5.41) is 20.4. The summed E-state index contributed by atoms with van der Waals surface area (Å²) in [7, 11) is 1.66. The highest BCUT2D eigenvalue weighted by molar-refractivity contribution is 8.00. The highest BCUT2D eigenvalue weighted by atomic mass is 32.2. The smallest absolute Gasteiger partial charge is 0.237 e. The number of benzene rings is 1. The monoisotopic (exact) mass is 417 g/mol. The Balaban J connectivity index is 1.29. The lowest BCUT2D eigenvalue weighted by molar-refractivity contribution is 0.391. The molecular weight excluding hydrogens is 402 g/mol. The summed E-state index contributed by atoms with van der Waals surface area (Å²) >= 11 is 4.63. The summed E-state index contributed by atoms with van der Waals surface area (Å²) in [5.74, 6) is 2.59. The minimum atomic E-state index is 0.560. The molecule has 0 unspecified atom stereocenters. The van der Waals surface area contributed by atoms with Crippen LogP contribution < -0.4 is 10.1 Å². The Bertz CT molecular complexity index is 982. The molecule has 1 N–H and O–H groups in total. The third-order valence-corrected chi connectivity index (χ3v) is 6.26. The lowest BCUT2D eigenvalue weighted by Crippen LogP contribution is -1.98. The molecule has 4 rings (SSSR count). The Morgan fingerprint density at radius 2 is 2.07 bits per heavy atom. The maximum atomic E-state index is 5.29. The van der Waals surface area contributed by atoms with Gasteiger partial charge in [0.1, 0.15) is 5.75 Å². The minimum Gasteiger partial charge on any atom is -0.497 e. The van der Waals surface area contributed by atoms with Crippen molar-refractivity contribution in [2.75, 3.05) is 12.4 Å². The van der Waals surface area contributed by atoms with E-state index in [4.69, 9.17) is 9.26 Å². The topological polar surface area (TPSA) is 86.0 Å². The molecule has 3 aromatic heterocycles. The standard InChI is InChI=1S/C17H15N5O2S3/c1-23-13-4-2-11(3-5-13)8-18-16-20-21-17(27-16)26-10-14-19-15(22-24-14)12-6-7-25-9-12/h2-7,9H,8,10H2,1H3,(H,18,20). The van der Waals surface area contributed by atoms with E-state index in [2.05, 4.69) is 25.7 Å². The molecule has 27 heavy (non-hydrogen) atoms. The molecule has 138 valence electrons. The van der Waals surface area contributed by atoms with Crippen molar-refractivity contribution in [3.05, 3.63) is 52.5 Å². The molecule has 0 aliphatic rings. The molecule has 7 nitrogen and oxygen atoms in total. The van der Waals surface area contributed by atoms with Gasteiger partial charge in [0.05, 0.1) is 12.9 Å². The summed E-state index contributed by atoms with van der Waals surface area (Å²) < 4.78 is 11.3. The number of methoxy groups -OCH3 is 1. The first-order valence-electron chi connectivity index (χ1n) is 7.98. The van der Waals surface area contributed by atoms with Crippen LogP contribution >= 0.6 is 34.4 Å². The summed E-state index contributed by atoms with van der Waals surface area (Å²) in [6.07, 6.45) is 0. The average Bonchev–Trinajstić information content (AvgIpc) is 3.46. The zero-order valence-electron chi connectivity index (χ0n) is 14.3. The number of ether oxygens (including phenoxy) is 1. The average molecular weight is 418 g/mol. The van der Waals surface area contributed by atoms with E-state index in [-0.39, 0.29) is 0 Å². The largest absolute Gasteiger partial charge is 0.497 e. The molecule has 0 saturated carbocycles. The summed E-state index contributed by atoms with van der Waals surface area (Å²) in [6.45, 7) is 0.678. The van der Waals surface area contributed by atoms with Crippen LogP contribution in [0.2, 0.25) is 0 Å². The second-order valence-electron chi connectivity index (χ2n) is 5.39. The first kappa shape index (κ1) is 18.0. The van der Waals surface area contributed by atoms with Gasteiger partial charge < -0.3 is 14.6 Å². The van der Waals surface area contributed by atoms with Gasteiger partial charge in [-0.05, 0) is 29.1 Å². The van der Waals surface area contributed by atoms with Crippen LogP contribution in [0.5, 0.6) is 5.75 Å². The van der Waals surface area contributed by atoms with Crippen molar-refractivity contribution < 1.29 is 9.26 Å². The van der Waals surface area contributed by atoms with Gasteiger partial charge in [-0.1, -0.05) is 40.4 Å². The molecular formula is C17H15N5O2S3. The van der Waals surface area contributed by atoms with E-state index in [1.165, 1.54) is 23.1 Å². The van der Waals surface area contributed by atoms with Crippen molar-refractivity contribution in [3.63, 3.8) is 0 Å². The van der Waals surface area contributed by atoms with Gasteiger partial charge in [0.25, 0.3) is 0 Å². The van der Waals surface area contributed by atoms with Crippen LogP contribution in [0.4, 0.5) is 5.13 Å². The molecule has 0 radical (unpaired) electrons. The number of thioether (sulfide) groups is 1. The molecule has 3 heterocycles. The lowest BCUT2D eigenvalue weighted by Gasteiger charge is -2.03. The number of rotatable bonds is 8. The first-order valence-corrected chi connectivity index (χ1v) is 10.7. The highest BCUT2D eigenvalue weighted by Gasteiger charge is 2.11. The number of nitrogens with one attached hydrogen (secondary N) is 1. The summed E-state index contributed by atoms with van der Waals surface area (Å²) in [6, 6.07) is 9.88. The van der Waals surface area contributed by atoms with Gasteiger partial charge in [-0.15, -0.1) is 10.2 Å². The Morgan fingerprint density at radius 3 is 2.85 bits per heavy atom. The molecule has 10 heteroatoms. The molecule has 0 fully saturated rings. The fourth-order valence-electron chi connectivity index (χ4n) is 2.21. The number of hydrogen-bond acceptors (Lipinski definition) is 10. The van der Waals surface area contributed by atoms with Gasteiger partial charge in [-0.25, -0.2) is 0 Å².